The van der Waals surface area contributed by atoms with Crippen LogP contribution >= 0.6 is 0 Å². The molecule has 1 saturated carbocycles. The average Bonchev–Trinajstić information content (AvgIpc) is 2.79. The van der Waals surface area contributed by atoms with E-state index in [1.54, 1.807) is 12.1 Å². The van der Waals surface area contributed by atoms with Gasteiger partial charge in [0, 0.05) is 25.3 Å². The van der Waals surface area contributed by atoms with E-state index in [4.69, 9.17) is 5.14 Å². The predicted molar refractivity (Wildman–Crippen MR) is 126 cm³/mol. The summed E-state index contributed by atoms with van der Waals surface area (Å²) in [6, 6.07) is 6.12. The Morgan fingerprint density at radius 1 is 1.18 bits per heavy atom. The van der Waals surface area contributed by atoms with E-state index in [0.717, 1.165) is 37.8 Å². The van der Waals surface area contributed by atoms with Crippen LogP contribution in [0.3, 0.4) is 0 Å². The molecule has 1 fully saturated rings. The molecule has 180 valence electrons. The SMILES string of the molecule is CCCCNc1ncc(C(=O)NCc2ccc(S(N)(=O)=O)cc2)c(N[C@H]2CC[C@H](O)CC2)n1. The van der Waals surface area contributed by atoms with Gasteiger partial charge in [0.1, 0.15) is 11.4 Å². The van der Waals surface area contributed by atoms with Gasteiger partial charge >= 0.3 is 0 Å². The largest absolute Gasteiger partial charge is 0.393 e. The van der Waals surface area contributed by atoms with Crippen molar-refractivity contribution in [1.29, 1.82) is 0 Å². The van der Waals surface area contributed by atoms with Gasteiger partial charge in [-0.3, -0.25) is 4.79 Å². The number of primary sulfonamides is 1. The van der Waals surface area contributed by atoms with Gasteiger partial charge in [0.25, 0.3) is 5.91 Å². The third-order valence-corrected chi connectivity index (χ3v) is 6.52. The smallest absolute Gasteiger partial charge is 0.256 e. The van der Waals surface area contributed by atoms with E-state index in [-0.39, 0.29) is 29.5 Å². The van der Waals surface area contributed by atoms with Gasteiger partial charge in [0.15, 0.2) is 0 Å². The molecular weight excluding hydrogens is 444 g/mol. The Labute approximate surface area is 194 Å². The maximum Gasteiger partial charge on any atom is 0.256 e. The molecule has 3 rings (SSSR count). The zero-order valence-corrected chi connectivity index (χ0v) is 19.6. The summed E-state index contributed by atoms with van der Waals surface area (Å²) in [6.07, 6.45) is 6.26. The molecule has 33 heavy (non-hydrogen) atoms. The van der Waals surface area contributed by atoms with E-state index in [1.165, 1.54) is 18.3 Å². The number of carbonyl (C=O) groups excluding carboxylic acids is 1. The van der Waals surface area contributed by atoms with Crippen LogP contribution in [0.4, 0.5) is 11.8 Å². The van der Waals surface area contributed by atoms with Crippen molar-refractivity contribution in [2.24, 2.45) is 5.14 Å². The number of nitrogens with one attached hydrogen (secondary N) is 3. The fourth-order valence-corrected chi connectivity index (χ4v) is 4.12. The van der Waals surface area contributed by atoms with E-state index in [1.807, 2.05) is 0 Å². The highest BCUT2D eigenvalue weighted by Crippen LogP contribution is 2.24. The number of aliphatic hydroxyl groups is 1. The highest BCUT2D eigenvalue weighted by molar-refractivity contribution is 7.89. The fraction of sp³-hybridized carbons (Fsp3) is 0.500. The van der Waals surface area contributed by atoms with Crippen LogP contribution in [0.25, 0.3) is 0 Å². The fourth-order valence-electron chi connectivity index (χ4n) is 3.61. The highest BCUT2D eigenvalue weighted by Gasteiger charge is 2.22. The number of aliphatic hydroxyl groups excluding tert-OH is 1. The van der Waals surface area contributed by atoms with Crippen LogP contribution in [0.5, 0.6) is 0 Å². The Morgan fingerprint density at radius 2 is 1.88 bits per heavy atom. The van der Waals surface area contributed by atoms with Crippen LogP contribution in [0.2, 0.25) is 0 Å². The van der Waals surface area contributed by atoms with Crippen molar-refractivity contribution >= 4 is 27.7 Å². The number of carbonyl (C=O) groups is 1. The predicted octanol–water partition coefficient (Wildman–Crippen LogP) is 1.98. The number of hydrogen-bond acceptors (Lipinski definition) is 8. The van der Waals surface area contributed by atoms with Crippen LogP contribution in [0.1, 0.15) is 61.4 Å². The number of hydrogen-bond donors (Lipinski definition) is 5. The lowest BCUT2D eigenvalue weighted by Crippen LogP contribution is -2.31. The van der Waals surface area contributed by atoms with Crippen LogP contribution in [-0.4, -0.2) is 48.1 Å². The van der Waals surface area contributed by atoms with Gasteiger partial charge in [-0.1, -0.05) is 25.5 Å². The minimum Gasteiger partial charge on any atom is -0.393 e. The van der Waals surface area contributed by atoms with E-state index < -0.39 is 10.0 Å². The molecule has 2 aromatic rings. The molecule has 0 radical (unpaired) electrons. The number of amides is 1. The van der Waals surface area contributed by atoms with Crippen LogP contribution in [-0.2, 0) is 16.6 Å². The molecule has 0 bridgehead atoms. The van der Waals surface area contributed by atoms with Crippen molar-refractivity contribution < 1.29 is 18.3 Å². The summed E-state index contributed by atoms with van der Waals surface area (Å²) in [5.41, 5.74) is 1.05. The Bertz CT molecular complexity index is 1040. The number of rotatable bonds is 10. The normalized spacial score (nSPS) is 18.5. The number of unbranched alkanes of at least 4 members (excludes halogenated alkanes) is 1. The quantitative estimate of drug-likeness (QED) is 0.325. The lowest BCUT2D eigenvalue weighted by Gasteiger charge is -2.27. The monoisotopic (exact) mass is 476 g/mol. The lowest BCUT2D eigenvalue weighted by molar-refractivity contribution is 0.0950. The van der Waals surface area contributed by atoms with E-state index in [2.05, 4.69) is 32.8 Å². The maximum atomic E-state index is 12.9. The number of anilines is 2. The summed E-state index contributed by atoms with van der Waals surface area (Å²) in [5.74, 6) is 0.563. The number of nitrogens with two attached hydrogens (primary N) is 1. The molecule has 0 saturated heterocycles. The van der Waals surface area contributed by atoms with Crippen molar-refractivity contribution in [2.75, 3.05) is 17.2 Å². The van der Waals surface area contributed by atoms with Crippen LogP contribution < -0.4 is 21.1 Å². The Balaban J connectivity index is 1.71. The molecular formula is C22H32N6O4S. The molecule has 0 atom stereocenters. The van der Waals surface area contributed by atoms with E-state index >= 15 is 0 Å². The number of benzene rings is 1. The van der Waals surface area contributed by atoms with Crippen molar-refractivity contribution in [3.63, 3.8) is 0 Å². The first-order chi connectivity index (χ1) is 15.8. The summed E-state index contributed by atoms with van der Waals surface area (Å²) >= 11 is 0. The second-order valence-electron chi connectivity index (χ2n) is 8.26. The van der Waals surface area contributed by atoms with Gasteiger partial charge in [-0.25, -0.2) is 18.5 Å². The van der Waals surface area contributed by atoms with Crippen molar-refractivity contribution in [2.45, 2.75) is 69.0 Å². The van der Waals surface area contributed by atoms with E-state index in [0.29, 0.717) is 30.2 Å². The topological polar surface area (TPSA) is 159 Å². The molecule has 1 aromatic heterocycles. The number of nitrogens with zero attached hydrogens (tertiary/aromatic N) is 2. The molecule has 0 unspecified atom stereocenters. The van der Waals surface area contributed by atoms with Crippen molar-refractivity contribution in [1.82, 2.24) is 15.3 Å². The third-order valence-electron chi connectivity index (χ3n) is 5.59. The second-order valence-corrected chi connectivity index (χ2v) is 9.82. The summed E-state index contributed by atoms with van der Waals surface area (Å²) in [7, 11) is -3.76. The first-order valence-electron chi connectivity index (χ1n) is 11.2. The standard InChI is InChI=1S/C22H32N6O4S/c1-2-3-12-24-22-26-14-19(20(28-22)27-16-6-8-17(29)9-7-16)21(30)25-13-15-4-10-18(11-5-15)33(23,31)32/h4-5,10-11,14,16-17,29H,2-3,6-9,12-13H2,1H3,(H,25,30)(H2,23,31,32)(H2,24,26,27,28)/t16-,17-. The molecule has 1 aliphatic rings. The van der Waals surface area contributed by atoms with Crippen molar-refractivity contribution in [3.05, 3.63) is 41.6 Å². The van der Waals surface area contributed by atoms with Gasteiger partial charge < -0.3 is 21.1 Å². The molecule has 1 aliphatic carbocycles. The summed E-state index contributed by atoms with van der Waals surface area (Å²) in [4.78, 5) is 21.8. The van der Waals surface area contributed by atoms with Crippen LogP contribution in [0.15, 0.2) is 35.4 Å². The summed E-state index contributed by atoms with van der Waals surface area (Å²) < 4.78 is 22.8. The second kappa shape index (κ2) is 11.4. The first-order valence-corrected chi connectivity index (χ1v) is 12.8. The van der Waals surface area contributed by atoms with Gasteiger partial charge in [-0.05, 0) is 49.8 Å². The molecule has 1 amide bonds. The average molecular weight is 477 g/mol. The lowest BCUT2D eigenvalue weighted by atomic mass is 9.93. The summed E-state index contributed by atoms with van der Waals surface area (Å²) in [5, 5.41) is 24.3. The van der Waals surface area contributed by atoms with Gasteiger partial charge in [0.2, 0.25) is 16.0 Å². The highest BCUT2D eigenvalue weighted by atomic mass is 32.2. The Morgan fingerprint density at radius 3 is 2.52 bits per heavy atom. The molecule has 10 nitrogen and oxygen atoms in total. The van der Waals surface area contributed by atoms with Crippen molar-refractivity contribution in [3.8, 4) is 0 Å². The Hall–Kier alpha value is -2.76. The molecule has 1 aromatic carbocycles. The van der Waals surface area contributed by atoms with Gasteiger partial charge in [-0.15, -0.1) is 0 Å². The van der Waals surface area contributed by atoms with Gasteiger partial charge in [0.05, 0.1) is 11.0 Å². The number of aromatic nitrogens is 2. The van der Waals surface area contributed by atoms with E-state index in [9.17, 15) is 18.3 Å². The summed E-state index contributed by atoms with van der Waals surface area (Å²) in [6.45, 7) is 3.05. The zero-order valence-electron chi connectivity index (χ0n) is 18.8. The minimum absolute atomic E-state index is 0.0150. The maximum absolute atomic E-state index is 12.9. The Kier molecular flexibility index (Phi) is 8.59. The van der Waals surface area contributed by atoms with Crippen LogP contribution in [0, 0.1) is 0 Å². The number of sulfonamides is 1. The molecule has 1 heterocycles. The molecule has 0 aliphatic heterocycles. The third kappa shape index (κ3) is 7.37. The first kappa shape index (κ1) is 24.9. The molecule has 11 heteroatoms. The van der Waals surface area contributed by atoms with Gasteiger partial charge in [-0.2, -0.15) is 4.98 Å². The molecule has 0 spiro atoms. The zero-order chi connectivity index (χ0) is 23.8. The minimum atomic E-state index is -3.76. The molecule has 6 N–H and O–H groups in total.